The van der Waals surface area contributed by atoms with Crippen molar-refractivity contribution in [2.24, 2.45) is 15.9 Å². The van der Waals surface area contributed by atoms with Crippen LogP contribution in [0.1, 0.15) is 108 Å². The smallest absolute Gasteiger partial charge is 0.354 e. The number of carbonyl (C=O) groups is 10. The second-order valence-corrected chi connectivity index (χ2v) is 29.1. The predicted octanol–water partition coefficient (Wildman–Crippen LogP) is 2.95. The molecule has 1 aliphatic heterocycles. The number of nitrogens with one attached hydrogen (secondary N) is 9. The first-order valence-corrected chi connectivity index (χ1v) is 42.0. The van der Waals surface area contributed by atoms with Gasteiger partial charge in [-0.05, 0) is 147 Å². The number of aliphatic imine (C=N–C) groups is 1. The van der Waals surface area contributed by atoms with E-state index in [-0.39, 0.29) is 94.0 Å². The van der Waals surface area contributed by atoms with Crippen LogP contribution in [0, 0.1) is 3.57 Å². The number of nitrogens with zero attached hydrogens (tertiary/aromatic N) is 6. The summed E-state index contributed by atoms with van der Waals surface area (Å²) in [5.74, 6) is -1.91. The highest BCUT2D eigenvalue weighted by molar-refractivity contribution is 14.1. The first kappa shape index (κ1) is 104. The van der Waals surface area contributed by atoms with E-state index in [4.69, 9.17) is 70.5 Å². The van der Waals surface area contributed by atoms with Crippen LogP contribution in [-0.2, 0) is 95.6 Å². The number of carboxylic acids is 5. The number of hydrogen-bond donors (Lipinski definition) is 15. The number of carbonyl (C=O) groups excluding carboxylic acids is 5. The quantitative estimate of drug-likeness (QED) is 0.00754. The molecular formula is C80H117IN16O25S. The number of aromatic carboxylic acids is 2. The summed E-state index contributed by atoms with van der Waals surface area (Å²) in [4.78, 5) is 140. The van der Waals surface area contributed by atoms with Gasteiger partial charge in [0.1, 0.15) is 36.1 Å². The summed E-state index contributed by atoms with van der Waals surface area (Å²) in [5, 5.41) is 75.7. The number of amides is 7. The number of thiocarbonyl (C=S) groups is 1. The van der Waals surface area contributed by atoms with Crippen LogP contribution in [0.15, 0.2) is 89.0 Å². The maximum atomic E-state index is 13.9. The molecule has 0 aliphatic carbocycles. The van der Waals surface area contributed by atoms with Gasteiger partial charge in [-0.15, -0.1) is 0 Å². The fraction of sp³-hybridized carbons (Fsp3) is 0.562. The number of urea groups is 2. The second-order valence-electron chi connectivity index (χ2n) is 27.4. The van der Waals surface area contributed by atoms with E-state index in [1.165, 1.54) is 18.3 Å². The van der Waals surface area contributed by atoms with Gasteiger partial charge in [0.2, 0.25) is 17.7 Å². The molecule has 1 fully saturated rings. The van der Waals surface area contributed by atoms with Gasteiger partial charge in [0.05, 0.1) is 156 Å². The number of pyridine rings is 2. The van der Waals surface area contributed by atoms with Gasteiger partial charge in [-0.25, -0.2) is 38.7 Å². The summed E-state index contributed by atoms with van der Waals surface area (Å²) in [6, 6.07) is 17.2. The Morgan fingerprint density at radius 3 is 1.55 bits per heavy atom. The van der Waals surface area contributed by atoms with E-state index < -0.39 is 78.4 Å². The topological polar surface area (TPSA) is 555 Å². The lowest BCUT2D eigenvalue weighted by atomic mass is 10.1. The fourth-order valence-corrected chi connectivity index (χ4v) is 12.0. The van der Waals surface area contributed by atoms with Crippen LogP contribution < -0.4 is 53.7 Å². The molecule has 16 N–H and O–H groups in total. The monoisotopic (exact) mass is 1860 g/mol. The molecule has 4 aromatic rings. The predicted molar refractivity (Wildman–Crippen MR) is 462 cm³/mol. The van der Waals surface area contributed by atoms with Crippen molar-refractivity contribution in [3.8, 4) is 0 Å². The van der Waals surface area contributed by atoms with Gasteiger partial charge in [0, 0.05) is 92.0 Å². The summed E-state index contributed by atoms with van der Waals surface area (Å²) in [6.07, 6.45) is 4.16. The van der Waals surface area contributed by atoms with Crippen molar-refractivity contribution in [3.63, 3.8) is 0 Å². The average molecular weight is 1860 g/mol. The summed E-state index contributed by atoms with van der Waals surface area (Å²) < 4.78 is 58.2. The second kappa shape index (κ2) is 64.0. The van der Waals surface area contributed by atoms with E-state index in [2.05, 4.69) is 90.1 Å². The molecule has 0 spiro atoms. The number of rotatable bonds is 56. The minimum Gasteiger partial charge on any atom is -0.480 e. The molecule has 7 amide bonds. The molecule has 2 aromatic heterocycles. The standard InChI is InChI=1S/C80H117IN16O25S/c81-59-18-16-57(17-19-59)49-71(99)84-21-4-2-13-66(75(105)106)93-73(102)64(12-1-6-23-86-80(123)91-62-51-63(89-68(52-62)77(109)110)56-97-27-33-117-39-37-115-31-25-96(26-32-116-38-40-118-34-28-97)55-61-11-8-15-65(88-61)74(103)104)92-70(98)20-29-113-35-41-119-43-45-121-47-48-122-46-44-120-42-36-114-30-24-83-53-69(95-82)58-9-7-10-60(50-58)90-78(111)85-22-5-3-14-67(76(107)108)94-79(112)87-54-72(100)101/h7-11,15-19,50-53,64,66-67H,1-6,12-14,20-49,54-56,82H2,(H,84,99)(H,92,98)(H,93,102)(H,100,101)(H,103,104)(H,105,106)(H,107,108)(H,109,110)(H2,85,90,111)(H2,87,94,112)(H2,86,89,91,123)/t64-,66-,67-/m0/s1. The largest absolute Gasteiger partial charge is 0.480 e. The molecular weight excluding hydrogens is 1740 g/mol. The third-order valence-corrected chi connectivity index (χ3v) is 18.7. The molecule has 680 valence electrons. The third kappa shape index (κ3) is 49.3. The number of anilines is 2. The number of aliphatic carboxylic acids is 3. The maximum Gasteiger partial charge on any atom is 0.354 e. The molecule has 0 bridgehead atoms. The van der Waals surface area contributed by atoms with Crippen LogP contribution >= 0.6 is 34.8 Å². The number of halogens is 1. The number of hydrogen-bond acceptors (Lipinski definition) is 28. The molecule has 2 aromatic carbocycles. The molecule has 41 nitrogen and oxygen atoms in total. The molecule has 1 aliphatic rings. The summed E-state index contributed by atoms with van der Waals surface area (Å²) in [7, 11) is 0. The maximum absolute atomic E-state index is 13.9. The summed E-state index contributed by atoms with van der Waals surface area (Å²) in [6.45, 7) is 8.99. The number of unbranched alkanes of at least 4 members (excludes halogenated alkanes) is 3. The molecule has 5 rings (SSSR count). The molecule has 3 heterocycles. The summed E-state index contributed by atoms with van der Waals surface area (Å²) in [5.41, 5.74) is 3.40. The Labute approximate surface area is 732 Å². The minimum absolute atomic E-state index is 0.00316. The van der Waals surface area contributed by atoms with Crippen LogP contribution in [0.25, 0.3) is 0 Å². The van der Waals surface area contributed by atoms with E-state index in [9.17, 15) is 68.4 Å². The van der Waals surface area contributed by atoms with E-state index in [1.54, 1.807) is 42.5 Å². The van der Waals surface area contributed by atoms with Crippen LogP contribution in [-0.4, -0.2) is 331 Å². The highest BCUT2D eigenvalue weighted by atomic mass is 127. The minimum atomic E-state index is -1.29. The van der Waals surface area contributed by atoms with Crippen molar-refractivity contribution >= 4 is 123 Å². The van der Waals surface area contributed by atoms with Gasteiger partial charge in [0.25, 0.3) is 0 Å². The van der Waals surface area contributed by atoms with E-state index in [0.717, 1.165) is 9.13 Å². The number of nitrogens with two attached hydrogens (primary N) is 1. The van der Waals surface area contributed by atoms with Gasteiger partial charge in [-0.1, -0.05) is 30.3 Å². The van der Waals surface area contributed by atoms with Crippen molar-refractivity contribution in [2.45, 2.75) is 102 Å². The van der Waals surface area contributed by atoms with Crippen molar-refractivity contribution in [1.82, 2.24) is 57.0 Å². The Hall–Kier alpha value is -9.88. The molecule has 43 heteroatoms. The Balaban J connectivity index is 0.953. The molecule has 0 radical (unpaired) electrons. The van der Waals surface area contributed by atoms with Crippen LogP contribution in [0.2, 0.25) is 0 Å². The fourth-order valence-electron chi connectivity index (χ4n) is 11.5. The van der Waals surface area contributed by atoms with Gasteiger partial charge in [0.15, 0.2) is 10.8 Å². The van der Waals surface area contributed by atoms with E-state index in [0.29, 0.717) is 231 Å². The molecule has 0 unspecified atom stereocenters. The van der Waals surface area contributed by atoms with E-state index in [1.807, 2.05) is 34.5 Å². The molecule has 1 saturated heterocycles. The SMILES string of the molecule is NN=C(C=NCCOCCOCCOCCOCCOCCOCCC(=O)N[C@@H](CCCCNC(=S)Nc1cc(CN2CCOCCOCCN(Cc3cccc(C(=O)O)n3)CCOCCOCC2)nc(C(=O)O)c1)C(=O)N[C@@H](CCCCNC(=O)Cc1ccc(I)cc1)C(=O)O)c1cccc(NC(=O)NCCCC[C@H](NC(=O)NCC(=O)O)C(=O)O)c1. The van der Waals surface area contributed by atoms with Gasteiger partial charge < -0.3 is 127 Å². The molecule has 123 heavy (non-hydrogen) atoms. The van der Waals surface area contributed by atoms with Crippen molar-refractivity contribution in [1.29, 1.82) is 0 Å². The van der Waals surface area contributed by atoms with Crippen LogP contribution in [0.3, 0.4) is 0 Å². The third-order valence-electron chi connectivity index (χ3n) is 17.8. The number of hydrazone groups is 1. The van der Waals surface area contributed by atoms with Gasteiger partial charge in [-0.2, -0.15) is 5.10 Å². The van der Waals surface area contributed by atoms with Gasteiger partial charge in [-0.3, -0.25) is 34.0 Å². The van der Waals surface area contributed by atoms with E-state index >= 15 is 0 Å². The Morgan fingerprint density at radius 2 is 1.01 bits per heavy atom. The number of aromatic nitrogens is 2. The zero-order valence-corrected chi connectivity index (χ0v) is 71.9. The zero-order valence-electron chi connectivity index (χ0n) is 69.0. The first-order chi connectivity index (χ1) is 59.5. The number of ether oxygens (including phenoxy) is 10. The normalized spacial score (nSPS) is 14.3. The van der Waals surface area contributed by atoms with Crippen LogP contribution in [0.4, 0.5) is 21.0 Å². The molecule has 0 saturated carbocycles. The molecule has 3 atom stereocenters. The lowest BCUT2D eigenvalue weighted by Crippen LogP contribution is -2.51. The van der Waals surface area contributed by atoms with Gasteiger partial charge >= 0.3 is 41.9 Å². The van der Waals surface area contributed by atoms with Crippen molar-refractivity contribution in [3.05, 3.63) is 116 Å². The van der Waals surface area contributed by atoms with Crippen molar-refractivity contribution < 1.29 is 121 Å². The number of benzene rings is 2. The lowest BCUT2D eigenvalue weighted by molar-refractivity contribution is -0.142. The highest BCUT2D eigenvalue weighted by Crippen LogP contribution is 2.17. The Morgan fingerprint density at radius 1 is 0.504 bits per heavy atom. The average Bonchev–Trinajstić information content (AvgIpc) is 0.844. The first-order valence-electron chi connectivity index (χ1n) is 40.5. The highest BCUT2D eigenvalue weighted by Gasteiger charge is 2.27. The Kier molecular flexibility index (Phi) is 53.9. The lowest BCUT2D eigenvalue weighted by Gasteiger charge is -2.23. The summed E-state index contributed by atoms with van der Waals surface area (Å²) >= 11 is 7.81. The number of carboxylic acid groups (broad SMARTS) is 5. The van der Waals surface area contributed by atoms with Crippen molar-refractivity contribution in [2.75, 3.05) is 202 Å². The zero-order chi connectivity index (χ0) is 88.9. The van der Waals surface area contributed by atoms with Crippen LogP contribution in [0.5, 0.6) is 0 Å². The Bertz CT molecular complexity index is 3900.